The summed E-state index contributed by atoms with van der Waals surface area (Å²) < 4.78 is 5.11. The Balaban J connectivity index is 2.58. The molecule has 4 nitrogen and oxygen atoms in total. The minimum atomic E-state index is -0.283. The summed E-state index contributed by atoms with van der Waals surface area (Å²) in [5, 5.41) is 5.29. The molecule has 0 unspecified atom stereocenters. The number of hydrogen-bond acceptors (Lipinski definition) is 2. The fourth-order valence-electron chi connectivity index (χ4n) is 1.16. The highest BCUT2D eigenvalue weighted by Crippen LogP contribution is 2.22. The maximum Gasteiger partial charge on any atom is 0.323 e. The van der Waals surface area contributed by atoms with Gasteiger partial charge in [-0.3, -0.25) is 0 Å². The highest BCUT2D eigenvalue weighted by Gasteiger charge is 2.04. The largest absolute Gasteiger partial charge is 0.495 e. The van der Waals surface area contributed by atoms with Crippen LogP contribution >= 0.6 is 0 Å². The van der Waals surface area contributed by atoms with Crippen LogP contribution in [0, 0.1) is 0 Å². The molecule has 1 rings (SSSR count). The first-order valence-electron chi connectivity index (χ1n) is 5.13. The van der Waals surface area contributed by atoms with Crippen LogP contribution < -0.4 is 15.4 Å². The van der Waals surface area contributed by atoms with Crippen molar-refractivity contribution in [3.8, 4) is 5.75 Å². The van der Waals surface area contributed by atoms with Crippen molar-refractivity contribution in [3.05, 3.63) is 36.5 Å². The summed E-state index contributed by atoms with van der Waals surface area (Å²) in [7, 11) is 1.56. The van der Waals surface area contributed by atoms with Gasteiger partial charge in [-0.2, -0.15) is 0 Å². The third-order valence-corrected chi connectivity index (χ3v) is 1.92. The number of urea groups is 1. The lowest BCUT2D eigenvalue weighted by Gasteiger charge is -2.08. The zero-order valence-electron chi connectivity index (χ0n) is 9.49. The zero-order valence-corrected chi connectivity index (χ0v) is 9.49. The van der Waals surface area contributed by atoms with Crippen molar-refractivity contribution in [2.24, 2.45) is 0 Å². The van der Waals surface area contributed by atoms with E-state index in [1.54, 1.807) is 25.4 Å². The third kappa shape index (κ3) is 3.65. The van der Waals surface area contributed by atoms with E-state index in [1.807, 2.05) is 25.1 Å². The molecule has 4 heteroatoms. The van der Waals surface area contributed by atoms with Gasteiger partial charge in [0.05, 0.1) is 12.8 Å². The number of ether oxygens (including phenoxy) is 1. The van der Waals surface area contributed by atoms with Crippen molar-refractivity contribution in [2.45, 2.75) is 13.3 Å². The van der Waals surface area contributed by atoms with Crippen LogP contribution in [0.1, 0.15) is 13.3 Å². The number of allylic oxidation sites excluding steroid dienone is 1. The van der Waals surface area contributed by atoms with Gasteiger partial charge in [-0.15, -0.1) is 0 Å². The van der Waals surface area contributed by atoms with E-state index in [9.17, 15) is 4.79 Å². The molecule has 2 amide bonds. The van der Waals surface area contributed by atoms with Crippen LogP contribution in [0.15, 0.2) is 36.5 Å². The highest BCUT2D eigenvalue weighted by atomic mass is 16.5. The Hall–Kier alpha value is -1.97. The SMILES string of the molecule is CC/C=C/NC(=O)Nc1ccccc1OC. The molecule has 0 atom stereocenters. The number of amides is 2. The molecule has 0 aromatic heterocycles. The number of benzene rings is 1. The molecule has 0 heterocycles. The van der Waals surface area contributed by atoms with E-state index >= 15 is 0 Å². The first-order valence-corrected chi connectivity index (χ1v) is 5.13. The zero-order chi connectivity index (χ0) is 11.8. The number of rotatable bonds is 4. The van der Waals surface area contributed by atoms with Crippen LogP contribution in [0.5, 0.6) is 5.75 Å². The lowest BCUT2D eigenvalue weighted by molar-refractivity contribution is 0.255. The first-order chi connectivity index (χ1) is 7.77. The maximum atomic E-state index is 11.4. The van der Waals surface area contributed by atoms with Gasteiger partial charge in [0.25, 0.3) is 0 Å². The van der Waals surface area contributed by atoms with Crippen LogP contribution in [0.3, 0.4) is 0 Å². The van der Waals surface area contributed by atoms with Gasteiger partial charge in [-0.25, -0.2) is 4.79 Å². The Morgan fingerprint density at radius 1 is 1.44 bits per heavy atom. The monoisotopic (exact) mass is 220 g/mol. The van der Waals surface area contributed by atoms with Crippen LogP contribution in [-0.2, 0) is 0 Å². The van der Waals surface area contributed by atoms with Gasteiger partial charge in [0.2, 0.25) is 0 Å². The third-order valence-electron chi connectivity index (χ3n) is 1.92. The van der Waals surface area contributed by atoms with Crippen molar-refractivity contribution in [3.63, 3.8) is 0 Å². The number of nitrogens with one attached hydrogen (secondary N) is 2. The average molecular weight is 220 g/mol. The molecular weight excluding hydrogens is 204 g/mol. The van der Waals surface area contributed by atoms with Gasteiger partial charge in [-0.05, 0) is 18.6 Å². The number of methoxy groups -OCH3 is 1. The second kappa shape index (κ2) is 6.50. The molecule has 0 saturated carbocycles. The Morgan fingerprint density at radius 2 is 2.19 bits per heavy atom. The van der Waals surface area contributed by atoms with Crippen molar-refractivity contribution in [2.75, 3.05) is 12.4 Å². The lowest BCUT2D eigenvalue weighted by Crippen LogP contribution is -2.24. The smallest absolute Gasteiger partial charge is 0.323 e. The number of hydrogen-bond donors (Lipinski definition) is 2. The molecule has 0 aliphatic rings. The van der Waals surface area contributed by atoms with Gasteiger partial charge in [-0.1, -0.05) is 25.1 Å². The molecule has 0 aliphatic heterocycles. The molecule has 0 saturated heterocycles. The molecule has 86 valence electrons. The van der Waals surface area contributed by atoms with Gasteiger partial charge >= 0.3 is 6.03 Å². The summed E-state index contributed by atoms with van der Waals surface area (Å²) in [6.45, 7) is 2.00. The molecule has 0 spiro atoms. The summed E-state index contributed by atoms with van der Waals surface area (Å²) >= 11 is 0. The Morgan fingerprint density at radius 3 is 2.88 bits per heavy atom. The van der Waals surface area contributed by atoms with E-state index in [1.165, 1.54) is 0 Å². The molecule has 1 aromatic rings. The van der Waals surface area contributed by atoms with E-state index in [2.05, 4.69) is 10.6 Å². The Bertz CT molecular complexity index is 375. The minimum absolute atomic E-state index is 0.283. The van der Waals surface area contributed by atoms with Crippen molar-refractivity contribution >= 4 is 11.7 Å². The van der Waals surface area contributed by atoms with E-state index in [0.29, 0.717) is 11.4 Å². The summed E-state index contributed by atoms with van der Waals surface area (Å²) in [5.41, 5.74) is 0.646. The summed E-state index contributed by atoms with van der Waals surface area (Å²) in [4.78, 5) is 11.4. The Kier molecular flexibility index (Phi) is 4.92. The predicted octanol–water partition coefficient (Wildman–Crippen LogP) is 2.74. The number of carbonyl (C=O) groups excluding carboxylic acids is 1. The summed E-state index contributed by atoms with van der Waals surface area (Å²) in [6.07, 6.45) is 4.36. The van der Waals surface area contributed by atoms with Gasteiger partial charge < -0.3 is 15.4 Å². The standard InChI is InChI=1S/C12H16N2O2/c1-3-4-9-13-12(15)14-10-7-5-6-8-11(10)16-2/h4-9H,3H2,1-2H3,(H2,13,14,15)/b9-4+. The quantitative estimate of drug-likeness (QED) is 0.819. The second-order valence-corrected chi connectivity index (χ2v) is 3.11. The molecule has 1 aromatic carbocycles. The van der Waals surface area contributed by atoms with Crippen LogP contribution in [-0.4, -0.2) is 13.1 Å². The normalized spacial score (nSPS) is 10.1. The maximum absolute atomic E-state index is 11.4. The topological polar surface area (TPSA) is 50.4 Å². The molecular formula is C12H16N2O2. The van der Waals surface area contributed by atoms with E-state index in [0.717, 1.165) is 6.42 Å². The van der Waals surface area contributed by atoms with E-state index in [-0.39, 0.29) is 6.03 Å². The van der Waals surface area contributed by atoms with Crippen LogP contribution in [0.25, 0.3) is 0 Å². The number of anilines is 1. The molecule has 0 bridgehead atoms. The van der Waals surface area contributed by atoms with Crippen molar-refractivity contribution in [1.82, 2.24) is 5.32 Å². The average Bonchev–Trinajstić information content (AvgIpc) is 2.30. The van der Waals surface area contributed by atoms with Crippen molar-refractivity contribution < 1.29 is 9.53 Å². The second-order valence-electron chi connectivity index (χ2n) is 3.11. The number of carbonyl (C=O) groups is 1. The molecule has 2 N–H and O–H groups in total. The minimum Gasteiger partial charge on any atom is -0.495 e. The highest BCUT2D eigenvalue weighted by molar-refractivity contribution is 5.91. The van der Waals surface area contributed by atoms with Gasteiger partial charge in [0.15, 0.2) is 0 Å². The lowest BCUT2D eigenvalue weighted by atomic mass is 10.3. The fourth-order valence-corrected chi connectivity index (χ4v) is 1.16. The number of para-hydroxylation sites is 2. The van der Waals surface area contributed by atoms with E-state index < -0.39 is 0 Å². The summed E-state index contributed by atoms with van der Waals surface area (Å²) in [5.74, 6) is 0.636. The summed E-state index contributed by atoms with van der Waals surface area (Å²) in [6, 6.07) is 6.97. The molecule has 16 heavy (non-hydrogen) atoms. The van der Waals surface area contributed by atoms with E-state index in [4.69, 9.17) is 4.74 Å². The molecule has 0 radical (unpaired) electrons. The van der Waals surface area contributed by atoms with Crippen molar-refractivity contribution in [1.29, 1.82) is 0 Å². The van der Waals surface area contributed by atoms with Crippen LogP contribution in [0.2, 0.25) is 0 Å². The van der Waals surface area contributed by atoms with Gasteiger partial charge in [0, 0.05) is 6.20 Å². The molecule has 0 fully saturated rings. The van der Waals surface area contributed by atoms with Gasteiger partial charge in [0.1, 0.15) is 5.75 Å². The first kappa shape index (κ1) is 12.1. The predicted molar refractivity (Wildman–Crippen MR) is 64.6 cm³/mol. The molecule has 0 aliphatic carbocycles. The Labute approximate surface area is 95.3 Å². The van der Waals surface area contributed by atoms with Crippen LogP contribution in [0.4, 0.5) is 10.5 Å². The fraction of sp³-hybridized carbons (Fsp3) is 0.250.